The average molecular weight is 320 g/mol. The molecule has 0 aliphatic heterocycles. The van der Waals surface area contributed by atoms with E-state index in [0.29, 0.717) is 17.8 Å². The number of benzene rings is 1. The van der Waals surface area contributed by atoms with E-state index in [1.165, 1.54) is 6.34 Å². The van der Waals surface area contributed by atoms with E-state index >= 15 is 0 Å². The van der Waals surface area contributed by atoms with Gasteiger partial charge in [0.25, 0.3) is 6.47 Å². The molecule has 0 spiro atoms. The van der Waals surface area contributed by atoms with Crippen LogP contribution >= 0.6 is 0 Å². The minimum Gasteiger partial charge on any atom is -0.426 e. The summed E-state index contributed by atoms with van der Waals surface area (Å²) in [5.74, 6) is 0.254. The van der Waals surface area contributed by atoms with Crippen molar-refractivity contribution in [3.63, 3.8) is 0 Å². The van der Waals surface area contributed by atoms with Crippen molar-refractivity contribution in [3.8, 4) is 5.75 Å². The van der Waals surface area contributed by atoms with Crippen molar-refractivity contribution in [2.24, 2.45) is 25.6 Å². The zero-order valence-corrected chi connectivity index (χ0v) is 13.5. The summed E-state index contributed by atoms with van der Waals surface area (Å²) in [4.78, 5) is 14.4. The van der Waals surface area contributed by atoms with Crippen LogP contribution in [-0.4, -0.2) is 57.7 Å². The van der Waals surface area contributed by atoms with Crippen LogP contribution < -0.4 is 10.2 Å². The van der Waals surface area contributed by atoms with Crippen LogP contribution in [0.15, 0.2) is 43.8 Å². The molecule has 1 rings (SSSR count). The highest BCUT2D eigenvalue weighted by atomic mass is 16.5. The third kappa shape index (κ3) is 7.09. The molecule has 0 aromatic heterocycles. The molecular weight excluding hydrogens is 300 g/mol. The van der Waals surface area contributed by atoms with Gasteiger partial charge in [-0.2, -0.15) is 10.2 Å². The lowest BCUT2D eigenvalue weighted by Crippen LogP contribution is -2.33. The van der Waals surface area contributed by atoms with Gasteiger partial charge in [0, 0.05) is 34.3 Å². The van der Waals surface area contributed by atoms with Gasteiger partial charge < -0.3 is 10.2 Å². The van der Waals surface area contributed by atoms with Crippen LogP contribution in [0.2, 0.25) is 0 Å². The second-order valence-corrected chi connectivity index (χ2v) is 4.50. The first-order valence-electron chi connectivity index (χ1n) is 6.65. The summed E-state index contributed by atoms with van der Waals surface area (Å²) in [6.07, 6.45) is 1.53. The first kappa shape index (κ1) is 18.2. The number of ether oxygens (including phenoxy) is 1. The lowest BCUT2D eigenvalue weighted by Gasteiger charge is -2.11. The van der Waals surface area contributed by atoms with Gasteiger partial charge in [0.05, 0.1) is 12.0 Å². The molecule has 124 valence electrons. The highest BCUT2D eigenvalue weighted by molar-refractivity contribution is 5.62. The highest BCUT2D eigenvalue weighted by Gasteiger charge is 2.05. The number of aliphatic imine (C=N–C) groups is 1. The zero-order valence-electron chi connectivity index (χ0n) is 13.5. The highest BCUT2D eigenvalue weighted by Crippen LogP contribution is 2.32. The second-order valence-electron chi connectivity index (χ2n) is 4.50. The van der Waals surface area contributed by atoms with Crippen molar-refractivity contribution >= 4 is 24.2 Å². The van der Waals surface area contributed by atoms with Gasteiger partial charge in [-0.1, -0.05) is 5.22 Å². The molecule has 0 bridgehead atoms. The van der Waals surface area contributed by atoms with Crippen LogP contribution in [0.4, 0.5) is 11.4 Å². The van der Waals surface area contributed by atoms with Crippen molar-refractivity contribution in [2.45, 2.75) is 0 Å². The largest absolute Gasteiger partial charge is 0.426 e. The summed E-state index contributed by atoms with van der Waals surface area (Å²) in [7, 11) is 6.94. The van der Waals surface area contributed by atoms with E-state index in [1.54, 1.807) is 56.4 Å². The molecule has 10 nitrogen and oxygen atoms in total. The molecule has 0 aliphatic carbocycles. The van der Waals surface area contributed by atoms with Crippen LogP contribution in [0.25, 0.3) is 0 Å². The van der Waals surface area contributed by atoms with Crippen molar-refractivity contribution in [2.75, 3.05) is 34.9 Å². The molecule has 0 radical (unpaired) electrons. The Balaban J connectivity index is 2.82. The van der Waals surface area contributed by atoms with Crippen LogP contribution in [0.1, 0.15) is 0 Å². The number of carbonyl (C=O) groups excluding carboxylic acids is 1. The van der Waals surface area contributed by atoms with E-state index in [9.17, 15) is 4.79 Å². The molecule has 1 N–H and O–H groups in total. The monoisotopic (exact) mass is 320 g/mol. The number of azo groups is 1. The standard InChI is InChI=1S/C13H20N8O2/c1-14-8-16-21(4)9-15-18-12-6-5-11(17-19-20(2)3)7-13(12)23-10-22/h5-8,10H,9H2,1-4H3,(H,14,16). The maximum atomic E-state index is 10.6. The molecule has 0 fully saturated rings. The summed E-state index contributed by atoms with van der Waals surface area (Å²) in [6, 6.07) is 4.90. The zero-order chi connectivity index (χ0) is 17.1. The predicted octanol–water partition coefficient (Wildman–Crippen LogP) is 1.92. The van der Waals surface area contributed by atoms with Gasteiger partial charge in [-0.05, 0) is 12.1 Å². The number of hydrogen-bond donors (Lipinski definition) is 1. The smallest absolute Gasteiger partial charge is 0.298 e. The number of hydrazine groups is 1. The Labute approximate surface area is 134 Å². The molecule has 0 aliphatic rings. The molecule has 0 unspecified atom stereocenters. The topological polar surface area (TPSA) is 107 Å². The Bertz CT molecular complexity index is 585. The predicted molar refractivity (Wildman–Crippen MR) is 86.0 cm³/mol. The Hall–Kier alpha value is -2.88. The van der Waals surface area contributed by atoms with Crippen molar-refractivity contribution in [3.05, 3.63) is 18.2 Å². The Morgan fingerprint density at radius 1 is 1.26 bits per heavy atom. The number of hydrogen-bond acceptors (Lipinski definition) is 8. The van der Waals surface area contributed by atoms with E-state index in [1.807, 2.05) is 0 Å². The van der Waals surface area contributed by atoms with E-state index in [2.05, 4.69) is 31.0 Å². The van der Waals surface area contributed by atoms with Crippen LogP contribution in [-0.2, 0) is 4.79 Å². The van der Waals surface area contributed by atoms with Gasteiger partial charge in [0.1, 0.15) is 12.4 Å². The van der Waals surface area contributed by atoms with Crippen molar-refractivity contribution in [1.29, 1.82) is 0 Å². The van der Waals surface area contributed by atoms with Crippen molar-refractivity contribution < 1.29 is 9.53 Å². The third-order valence-corrected chi connectivity index (χ3v) is 2.32. The maximum Gasteiger partial charge on any atom is 0.298 e. The van der Waals surface area contributed by atoms with E-state index in [4.69, 9.17) is 4.74 Å². The fourth-order valence-electron chi connectivity index (χ4n) is 1.33. The fraction of sp³-hybridized carbons (Fsp3) is 0.385. The SMILES string of the molecule is CN=CNN(C)CN=Nc1ccc(N=NN(C)C)cc1OC=O. The van der Waals surface area contributed by atoms with Gasteiger partial charge in [0.2, 0.25) is 0 Å². The molecule has 0 amide bonds. The molecule has 0 heterocycles. The summed E-state index contributed by atoms with van der Waals surface area (Å²) in [6.45, 7) is 0.612. The molecule has 1 aromatic carbocycles. The third-order valence-electron chi connectivity index (χ3n) is 2.32. The van der Waals surface area contributed by atoms with Gasteiger partial charge >= 0.3 is 0 Å². The van der Waals surface area contributed by atoms with E-state index in [0.717, 1.165) is 0 Å². The molecular formula is C13H20N8O2. The van der Waals surface area contributed by atoms with Crippen LogP contribution in [0, 0.1) is 0 Å². The number of rotatable bonds is 9. The molecule has 0 saturated carbocycles. The summed E-state index contributed by atoms with van der Waals surface area (Å²) < 4.78 is 4.91. The Morgan fingerprint density at radius 3 is 2.70 bits per heavy atom. The number of nitrogens with one attached hydrogen (secondary N) is 1. The van der Waals surface area contributed by atoms with Crippen LogP contribution in [0.5, 0.6) is 5.75 Å². The quantitative estimate of drug-likeness (QED) is 0.246. The lowest BCUT2D eigenvalue weighted by molar-refractivity contribution is -0.120. The first-order valence-corrected chi connectivity index (χ1v) is 6.65. The number of nitrogens with zero attached hydrogens (tertiary/aromatic N) is 7. The van der Waals surface area contributed by atoms with E-state index < -0.39 is 0 Å². The summed E-state index contributed by atoms with van der Waals surface area (Å²) in [5, 5.41) is 19.1. The molecule has 1 aromatic rings. The first-order chi connectivity index (χ1) is 11.1. The van der Waals surface area contributed by atoms with Gasteiger partial charge in [-0.25, -0.2) is 5.01 Å². The molecule has 10 heteroatoms. The molecule has 23 heavy (non-hydrogen) atoms. The van der Waals surface area contributed by atoms with Gasteiger partial charge in [-0.3, -0.25) is 14.8 Å². The molecule has 0 saturated heterocycles. The van der Waals surface area contributed by atoms with Crippen LogP contribution in [0.3, 0.4) is 0 Å². The Morgan fingerprint density at radius 2 is 2.04 bits per heavy atom. The number of carbonyl (C=O) groups is 1. The fourth-order valence-corrected chi connectivity index (χ4v) is 1.33. The summed E-state index contributed by atoms with van der Waals surface area (Å²) >= 11 is 0. The minimum atomic E-state index is 0.254. The average Bonchev–Trinajstić information content (AvgIpc) is 2.53. The minimum absolute atomic E-state index is 0.254. The lowest BCUT2D eigenvalue weighted by atomic mass is 10.2. The second kappa shape index (κ2) is 9.95. The van der Waals surface area contributed by atoms with Gasteiger partial charge in [0.15, 0.2) is 5.75 Å². The maximum absolute atomic E-state index is 10.6. The Kier molecular flexibility index (Phi) is 7.86. The van der Waals surface area contributed by atoms with E-state index in [-0.39, 0.29) is 12.4 Å². The summed E-state index contributed by atoms with van der Waals surface area (Å²) in [5.41, 5.74) is 3.81. The normalized spacial score (nSPS) is 11.7. The van der Waals surface area contributed by atoms with Gasteiger partial charge in [-0.15, -0.1) is 5.11 Å². The van der Waals surface area contributed by atoms with Crippen molar-refractivity contribution in [1.82, 2.24) is 15.4 Å². The molecule has 0 atom stereocenters.